The number of hydrogen-bond acceptors (Lipinski definition) is 2. The zero-order chi connectivity index (χ0) is 15.8. The van der Waals surface area contributed by atoms with Gasteiger partial charge in [-0.3, -0.25) is 4.99 Å². The van der Waals surface area contributed by atoms with Gasteiger partial charge in [-0.2, -0.15) is 0 Å². The Balaban J connectivity index is 1.79. The Kier molecular flexibility index (Phi) is 7.50. The van der Waals surface area contributed by atoms with Crippen LogP contribution in [0.15, 0.2) is 4.99 Å². The number of nitrogens with zero attached hydrogens (tertiary/aromatic N) is 2. The molecule has 4 nitrogen and oxygen atoms in total. The maximum absolute atomic E-state index is 4.87. The maximum Gasteiger partial charge on any atom is 0.191 e. The molecule has 1 saturated heterocycles. The van der Waals surface area contributed by atoms with Gasteiger partial charge in [0.25, 0.3) is 0 Å². The number of piperidine rings is 1. The second-order valence-electron chi connectivity index (χ2n) is 7.26. The van der Waals surface area contributed by atoms with Crippen LogP contribution in [0.3, 0.4) is 0 Å². The Hall–Kier alpha value is -0.770. The SMILES string of the molecule is CCNC(=NCC1CCCN(C)C1)NC1CCC(CC)CC1. The number of rotatable bonds is 5. The second-order valence-corrected chi connectivity index (χ2v) is 7.26. The van der Waals surface area contributed by atoms with Gasteiger partial charge in [0.1, 0.15) is 0 Å². The summed E-state index contributed by atoms with van der Waals surface area (Å²) in [6.07, 6.45) is 9.35. The van der Waals surface area contributed by atoms with E-state index in [1.54, 1.807) is 0 Å². The summed E-state index contributed by atoms with van der Waals surface area (Å²) in [6.45, 7) is 8.83. The average molecular weight is 309 g/mol. The van der Waals surface area contributed by atoms with Gasteiger partial charge in [0.2, 0.25) is 0 Å². The quantitative estimate of drug-likeness (QED) is 0.606. The van der Waals surface area contributed by atoms with Gasteiger partial charge >= 0.3 is 0 Å². The summed E-state index contributed by atoms with van der Waals surface area (Å²) in [5, 5.41) is 7.11. The van der Waals surface area contributed by atoms with Crippen molar-refractivity contribution in [2.24, 2.45) is 16.8 Å². The third kappa shape index (κ3) is 5.79. The van der Waals surface area contributed by atoms with E-state index in [0.717, 1.165) is 30.9 Å². The molecule has 1 heterocycles. The first-order chi connectivity index (χ1) is 10.7. The average Bonchev–Trinajstić information content (AvgIpc) is 2.54. The van der Waals surface area contributed by atoms with E-state index >= 15 is 0 Å². The molecular weight excluding hydrogens is 272 g/mol. The van der Waals surface area contributed by atoms with E-state index in [1.807, 2.05) is 0 Å². The molecular formula is C18H36N4. The highest BCUT2D eigenvalue weighted by molar-refractivity contribution is 5.80. The molecule has 0 spiro atoms. The smallest absolute Gasteiger partial charge is 0.191 e. The van der Waals surface area contributed by atoms with Crippen molar-refractivity contribution in [2.75, 3.05) is 33.2 Å². The molecule has 1 saturated carbocycles. The monoisotopic (exact) mass is 308 g/mol. The topological polar surface area (TPSA) is 39.7 Å². The molecule has 2 rings (SSSR count). The van der Waals surface area contributed by atoms with Gasteiger partial charge in [-0.25, -0.2) is 0 Å². The molecule has 1 atom stereocenters. The largest absolute Gasteiger partial charge is 0.357 e. The van der Waals surface area contributed by atoms with E-state index in [2.05, 4.69) is 36.4 Å². The molecule has 1 aliphatic carbocycles. The fraction of sp³-hybridized carbons (Fsp3) is 0.944. The van der Waals surface area contributed by atoms with Crippen LogP contribution >= 0.6 is 0 Å². The molecule has 1 aliphatic heterocycles. The summed E-state index contributed by atoms with van der Waals surface area (Å²) in [6, 6.07) is 0.620. The Bertz CT molecular complexity index is 334. The number of aliphatic imine (C=N–C) groups is 1. The zero-order valence-corrected chi connectivity index (χ0v) is 14.9. The normalized spacial score (nSPS) is 31.0. The fourth-order valence-corrected chi connectivity index (χ4v) is 3.87. The molecule has 0 aromatic rings. The minimum Gasteiger partial charge on any atom is -0.357 e. The standard InChI is InChI=1S/C18H36N4/c1-4-15-8-10-17(11-9-15)21-18(19-5-2)20-13-16-7-6-12-22(3)14-16/h15-17H,4-14H2,1-3H3,(H2,19,20,21). The van der Waals surface area contributed by atoms with Crippen LogP contribution in [-0.2, 0) is 0 Å². The van der Waals surface area contributed by atoms with E-state index in [-0.39, 0.29) is 0 Å². The van der Waals surface area contributed by atoms with E-state index in [0.29, 0.717) is 6.04 Å². The van der Waals surface area contributed by atoms with Crippen molar-refractivity contribution >= 4 is 5.96 Å². The van der Waals surface area contributed by atoms with Crippen LogP contribution in [0.5, 0.6) is 0 Å². The van der Waals surface area contributed by atoms with Gasteiger partial charge in [-0.05, 0) is 70.9 Å². The Labute approximate surface area is 137 Å². The van der Waals surface area contributed by atoms with Crippen LogP contribution in [0, 0.1) is 11.8 Å². The van der Waals surface area contributed by atoms with Gasteiger partial charge in [0.15, 0.2) is 5.96 Å². The lowest BCUT2D eigenvalue weighted by Crippen LogP contribution is -2.45. The summed E-state index contributed by atoms with van der Waals surface area (Å²) in [4.78, 5) is 7.31. The van der Waals surface area contributed by atoms with E-state index in [4.69, 9.17) is 4.99 Å². The van der Waals surface area contributed by atoms with Gasteiger partial charge in [-0.15, -0.1) is 0 Å². The van der Waals surface area contributed by atoms with E-state index < -0.39 is 0 Å². The minimum absolute atomic E-state index is 0.620. The van der Waals surface area contributed by atoms with Crippen LogP contribution < -0.4 is 10.6 Å². The van der Waals surface area contributed by atoms with Crippen LogP contribution in [0.25, 0.3) is 0 Å². The highest BCUT2D eigenvalue weighted by atomic mass is 15.2. The summed E-state index contributed by atoms with van der Waals surface area (Å²) in [5.41, 5.74) is 0. The van der Waals surface area contributed by atoms with Gasteiger partial charge in [-0.1, -0.05) is 13.3 Å². The zero-order valence-electron chi connectivity index (χ0n) is 14.9. The van der Waals surface area contributed by atoms with Gasteiger partial charge < -0.3 is 15.5 Å². The fourth-order valence-electron chi connectivity index (χ4n) is 3.87. The van der Waals surface area contributed by atoms with Gasteiger partial charge in [0.05, 0.1) is 0 Å². The lowest BCUT2D eigenvalue weighted by molar-refractivity contribution is 0.214. The highest BCUT2D eigenvalue weighted by Crippen LogP contribution is 2.26. The van der Waals surface area contributed by atoms with Crippen LogP contribution in [-0.4, -0.2) is 50.1 Å². The molecule has 0 amide bonds. The highest BCUT2D eigenvalue weighted by Gasteiger charge is 2.21. The summed E-state index contributed by atoms with van der Waals surface area (Å²) < 4.78 is 0. The van der Waals surface area contributed by atoms with E-state index in [1.165, 1.54) is 58.0 Å². The molecule has 22 heavy (non-hydrogen) atoms. The van der Waals surface area contributed by atoms with Gasteiger partial charge in [0, 0.05) is 25.7 Å². The van der Waals surface area contributed by atoms with Crippen molar-refractivity contribution in [3.8, 4) is 0 Å². The number of likely N-dealkylation sites (tertiary alicyclic amines) is 1. The molecule has 0 radical (unpaired) electrons. The van der Waals surface area contributed by atoms with Crippen molar-refractivity contribution in [1.29, 1.82) is 0 Å². The maximum atomic E-state index is 4.87. The summed E-state index contributed by atoms with van der Waals surface area (Å²) >= 11 is 0. The Morgan fingerprint density at radius 3 is 2.50 bits per heavy atom. The Morgan fingerprint density at radius 2 is 1.86 bits per heavy atom. The predicted molar refractivity (Wildman–Crippen MR) is 95.4 cm³/mol. The van der Waals surface area contributed by atoms with Crippen molar-refractivity contribution in [3.05, 3.63) is 0 Å². The lowest BCUT2D eigenvalue weighted by atomic mass is 9.84. The first-order valence-electron chi connectivity index (χ1n) is 9.44. The third-order valence-corrected chi connectivity index (χ3v) is 5.34. The lowest BCUT2D eigenvalue weighted by Gasteiger charge is -2.30. The summed E-state index contributed by atoms with van der Waals surface area (Å²) in [5.74, 6) is 2.72. The van der Waals surface area contributed by atoms with Crippen molar-refractivity contribution in [2.45, 2.75) is 64.8 Å². The molecule has 1 unspecified atom stereocenters. The first kappa shape index (κ1) is 17.6. The minimum atomic E-state index is 0.620. The molecule has 4 heteroatoms. The number of guanidine groups is 1. The molecule has 0 aromatic heterocycles. The number of nitrogens with one attached hydrogen (secondary N) is 2. The first-order valence-corrected chi connectivity index (χ1v) is 9.44. The predicted octanol–water partition coefficient (Wildman–Crippen LogP) is 2.85. The van der Waals surface area contributed by atoms with Crippen molar-refractivity contribution in [3.63, 3.8) is 0 Å². The molecule has 2 aliphatic rings. The van der Waals surface area contributed by atoms with E-state index in [9.17, 15) is 0 Å². The molecule has 2 fully saturated rings. The molecule has 128 valence electrons. The van der Waals surface area contributed by atoms with Crippen LogP contribution in [0.2, 0.25) is 0 Å². The second kappa shape index (κ2) is 9.39. The number of hydrogen-bond donors (Lipinski definition) is 2. The third-order valence-electron chi connectivity index (χ3n) is 5.34. The molecule has 2 N–H and O–H groups in total. The van der Waals surface area contributed by atoms with Crippen LogP contribution in [0.4, 0.5) is 0 Å². The van der Waals surface area contributed by atoms with Crippen molar-refractivity contribution < 1.29 is 0 Å². The summed E-state index contributed by atoms with van der Waals surface area (Å²) in [7, 11) is 2.23. The van der Waals surface area contributed by atoms with Crippen LogP contribution in [0.1, 0.15) is 58.8 Å². The molecule has 0 aromatic carbocycles. The Morgan fingerprint density at radius 1 is 1.09 bits per heavy atom. The molecule has 0 bridgehead atoms. The van der Waals surface area contributed by atoms with Crippen molar-refractivity contribution in [1.82, 2.24) is 15.5 Å².